The fourth-order valence-electron chi connectivity index (χ4n) is 12.8. The van der Waals surface area contributed by atoms with E-state index in [2.05, 4.69) is 350 Å². The normalized spacial score (nSPS) is 11.3. The summed E-state index contributed by atoms with van der Waals surface area (Å²) in [4.78, 5) is 4.68. The predicted octanol–water partition coefficient (Wildman–Crippen LogP) is 23.2. The third kappa shape index (κ3) is 9.13. The molecular weight excluding hydrogens is 1010 g/mol. The van der Waals surface area contributed by atoms with Crippen LogP contribution in [0.5, 0.6) is 0 Å². The third-order valence-corrected chi connectivity index (χ3v) is 16.6. The third-order valence-electron chi connectivity index (χ3n) is 16.6. The van der Waals surface area contributed by atoms with E-state index in [1.807, 2.05) is 0 Å². The number of hydrogen-bond donors (Lipinski definition) is 0. The van der Waals surface area contributed by atoms with Gasteiger partial charge >= 0.3 is 0 Å². The molecule has 0 atom stereocenters. The van der Waals surface area contributed by atoms with Crippen LogP contribution in [0, 0.1) is 0 Å². The van der Waals surface area contributed by atoms with Gasteiger partial charge in [-0.3, -0.25) is 0 Å². The average Bonchev–Trinajstić information content (AvgIpc) is 1.90. The van der Waals surface area contributed by atoms with Gasteiger partial charge in [0, 0.05) is 34.1 Å². The van der Waals surface area contributed by atoms with Gasteiger partial charge in [0.2, 0.25) is 0 Å². The molecule has 0 amide bonds. The highest BCUT2D eigenvalue weighted by atomic mass is 15.1. The zero-order valence-electron chi connectivity index (χ0n) is 46.2. The van der Waals surface area contributed by atoms with E-state index in [4.69, 9.17) is 0 Å². The van der Waals surface area contributed by atoms with Crippen molar-refractivity contribution < 1.29 is 0 Å². The summed E-state index contributed by atoms with van der Waals surface area (Å²) in [6.07, 6.45) is 0. The molecule has 0 saturated carbocycles. The van der Waals surface area contributed by atoms with Crippen molar-refractivity contribution in [1.29, 1.82) is 0 Å². The van der Waals surface area contributed by atoms with Gasteiger partial charge in [0.1, 0.15) is 0 Å². The van der Waals surface area contributed by atoms with Crippen molar-refractivity contribution in [3.8, 4) is 66.8 Å². The molecule has 0 aliphatic carbocycles. The van der Waals surface area contributed by atoms with Crippen molar-refractivity contribution in [2.45, 2.75) is 0 Å². The minimum Gasteiger partial charge on any atom is -0.311 e. The van der Waals surface area contributed by atoms with Gasteiger partial charge in [-0.1, -0.05) is 267 Å². The first-order chi connectivity index (χ1) is 41.7. The Morgan fingerprint density at radius 2 is 0.274 bits per heavy atom. The van der Waals surface area contributed by atoms with E-state index >= 15 is 0 Å². The number of benzene rings is 15. The van der Waals surface area contributed by atoms with Crippen LogP contribution in [0.2, 0.25) is 0 Å². The summed E-state index contributed by atoms with van der Waals surface area (Å²) in [6, 6.07) is 124. The number of para-hydroxylation sites is 2. The Hall–Kier alpha value is -11.1. The van der Waals surface area contributed by atoms with Gasteiger partial charge in [-0.05, 0) is 183 Å². The predicted molar refractivity (Wildman–Crippen MR) is 358 cm³/mol. The van der Waals surface area contributed by atoms with E-state index in [1.165, 1.54) is 110 Å². The van der Waals surface area contributed by atoms with E-state index in [-0.39, 0.29) is 0 Å². The Bertz CT molecular complexity index is 4390. The lowest BCUT2D eigenvalue weighted by Gasteiger charge is -2.26. The minimum absolute atomic E-state index is 1.10. The van der Waals surface area contributed by atoms with Gasteiger partial charge in [-0.2, -0.15) is 0 Å². The zero-order chi connectivity index (χ0) is 55.8. The van der Waals surface area contributed by atoms with E-state index in [9.17, 15) is 0 Å². The van der Waals surface area contributed by atoms with Gasteiger partial charge in [0.25, 0.3) is 0 Å². The van der Waals surface area contributed by atoms with Gasteiger partial charge < -0.3 is 9.80 Å². The van der Waals surface area contributed by atoms with Gasteiger partial charge in [0.15, 0.2) is 0 Å². The molecule has 0 aliphatic rings. The topological polar surface area (TPSA) is 6.48 Å². The van der Waals surface area contributed by atoms with Crippen LogP contribution in [0.1, 0.15) is 0 Å². The molecule has 0 radical (unpaired) electrons. The van der Waals surface area contributed by atoms with Gasteiger partial charge in [-0.15, -0.1) is 0 Å². The Labute approximate surface area is 490 Å². The van der Waals surface area contributed by atoms with Crippen molar-refractivity contribution in [3.63, 3.8) is 0 Å². The summed E-state index contributed by atoms with van der Waals surface area (Å²) in [5.74, 6) is 0. The monoisotopic (exact) mass is 1070 g/mol. The lowest BCUT2D eigenvalue weighted by molar-refractivity contribution is 1.28. The van der Waals surface area contributed by atoms with Crippen LogP contribution in [-0.4, -0.2) is 0 Å². The van der Waals surface area contributed by atoms with Crippen molar-refractivity contribution in [2.24, 2.45) is 0 Å². The summed E-state index contributed by atoms with van der Waals surface area (Å²) in [5.41, 5.74) is 21.1. The fourth-order valence-corrected chi connectivity index (χ4v) is 12.8. The van der Waals surface area contributed by atoms with Gasteiger partial charge in [0.05, 0.1) is 0 Å². The molecule has 2 nitrogen and oxygen atoms in total. The summed E-state index contributed by atoms with van der Waals surface area (Å²) < 4.78 is 0. The molecule has 0 bridgehead atoms. The van der Waals surface area contributed by atoms with E-state index < -0.39 is 0 Å². The van der Waals surface area contributed by atoms with E-state index in [0.29, 0.717) is 0 Å². The number of anilines is 6. The van der Waals surface area contributed by atoms with Crippen molar-refractivity contribution in [1.82, 2.24) is 0 Å². The Morgan fingerprint density at radius 1 is 0.119 bits per heavy atom. The van der Waals surface area contributed by atoms with Crippen molar-refractivity contribution in [3.05, 3.63) is 340 Å². The second kappa shape index (κ2) is 21.8. The molecule has 0 aromatic heterocycles. The Kier molecular flexibility index (Phi) is 12.9. The number of rotatable bonds is 12. The number of hydrogen-bond acceptors (Lipinski definition) is 2. The molecular formula is C82H56N2. The summed E-state index contributed by atoms with van der Waals surface area (Å²) >= 11 is 0. The lowest BCUT2D eigenvalue weighted by Crippen LogP contribution is -2.09. The minimum atomic E-state index is 1.10. The molecule has 0 N–H and O–H groups in total. The first kappa shape index (κ1) is 49.9. The summed E-state index contributed by atoms with van der Waals surface area (Å²) in [6.45, 7) is 0. The zero-order valence-corrected chi connectivity index (χ0v) is 46.2. The van der Waals surface area contributed by atoms with E-state index in [0.717, 1.165) is 34.1 Å². The highest BCUT2D eigenvalue weighted by molar-refractivity contribution is 6.23. The molecule has 0 saturated heterocycles. The molecule has 0 unspecified atom stereocenters. The molecule has 2 heteroatoms. The van der Waals surface area contributed by atoms with Crippen LogP contribution in [0.4, 0.5) is 34.1 Å². The van der Waals surface area contributed by atoms with Crippen LogP contribution in [0.3, 0.4) is 0 Å². The first-order valence-corrected chi connectivity index (χ1v) is 28.9. The van der Waals surface area contributed by atoms with Crippen LogP contribution < -0.4 is 9.80 Å². The summed E-state index contributed by atoms with van der Waals surface area (Å²) in [7, 11) is 0. The average molecular weight is 1070 g/mol. The van der Waals surface area contributed by atoms with Crippen molar-refractivity contribution in [2.75, 3.05) is 9.80 Å². The fraction of sp³-hybridized carbons (Fsp3) is 0. The Balaban J connectivity index is 0.786. The molecule has 0 heterocycles. The van der Waals surface area contributed by atoms with E-state index in [1.54, 1.807) is 0 Å². The smallest absolute Gasteiger partial charge is 0.0462 e. The highest BCUT2D eigenvalue weighted by Crippen LogP contribution is 2.48. The second-order valence-electron chi connectivity index (χ2n) is 21.5. The molecule has 0 aliphatic heterocycles. The van der Waals surface area contributed by atoms with Crippen LogP contribution in [0.25, 0.3) is 110 Å². The maximum atomic E-state index is 2.34. The maximum Gasteiger partial charge on any atom is 0.0462 e. The molecule has 394 valence electrons. The van der Waals surface area contributed by atoms with Crippen LogP contribution in [-0.2, 0) is 0 Å². The lowest BCUT2D eigenvalue weighted by atomic mass is 9.84. The standard InChI is InChI=1S/C82H56N2/c1-5-21-57(22-6-1)59-41-49-67(50-42-59)83(65-25-9-3-10-26-65)69-53-45-63(46-54-69)81-75-33-17-13-29-71(75)79(72-30-14-18-34-76(72)81)61-37-39-62(40-38-61)80-73-31-15-19-35-77(73)82(78-36-20-16-32-74(78)80)64-47-55-70(56-48-64)84(66-27-11-4-12-28-66)68-51-43-60(44-52-68)58-23-7-2-8-24-58/h1-56H. The maximum absolute atomic E-state index is 2.34. The highest BCUT2D eigenvalue weighted by Gasteiger charge is 2.21. The molecule has 15 rings (SSSR count). The SMILES string of the molecule is c1ccc(-c2ccc(N(c3ccccc3)c3ccc(-c4c5ccccc5c(-c5ccc(-c6c7ccccc7c(-c7ccc(N(c8ccccc8)c8ccc(-c9ccccc9)cc8)cc7)c7ccccc67)cc5)c5ccccc45)cc3)cc2)cc1. The molecule has 0 fully saturated rings. The molecule has 15 aromatic carbocycles. The quantitative estimate of drug-likeness (QED) is 0.113. The van der Waals surface area contributed by atoms with Crippen LogP contribution >= 0.6 is 0 Å². The van der Waals surface area contributed by atoms with Gasteiger partial charge in [-0.25, -0.2) is 0 Å². The largest absolute Gasteiger partial charge is 0.311 e. The van der Waals surface area contributed by atoms with Crippen LogP contribution in [0.15, 0.2) is 340 Å². The first-order valence-electron chi connectivity index (χ1n) is 28.9. The number of nitrogens with zero attached hydrogens (tertiary/aromatic N) is 2. The molecule has 84 heavy (non-hydrogen) atoms. The molecule has 15 aromatic rings. The summed E-state index contributed by atoms with van der Waals surface area (Å²) in [5, 5.41) is 9.82. The van der Waals surface area contributed by atoms with Crippen molar-refractivity contribution >= 4 is 77.2 Å². The Morgan fingerprint density at radius 3 is 0.500 bits per heavy atom. The molecule has 0 spiro atoms. The number of fused-ring (bicyclic) bond motifs is 4. The second-order valence-corrected chi connectivity index (χ2v) is 21.5.